The van der Waals surface area contributed by atoms with E-state index in [0.717, 1.165) is 0 Å². The number of rotatable bonds is 4. The van der Waals surface area contributed by atoms with E-state index >= 15 is 0 Å². The van der Waals surface area contributed by atoms with Gasteiger partial charge in [-0.25, -0.2) is 4.79 Å². The number of hydrogen-bond acceptors (Lipinski definition) is 3. The molecule has 2 amide bonds. The van der Waals surface area contributed by atoms with Crippen molar-refractivity contribution in [3.8, 4) is 0 Å². The number of likely N-dealkylation sites (tertiary alicyclic amines) is 1. The van der Waals surface area contributed by atoms with Gasteiger partial charge in [0.25, 0.3) is 0 Å². The van der Waals surface area contributed by atoms with Gasteiger partial charge >= 0.3 is 12.2 Å². The molecule has 130 valence electrons. The van der Waals surface area contributed by atoms with Crippen molar-refractivity contribution in [1.82, 2.24) is 14.7 Å². The zero-order valence-electron chi connectivity index (χ0n) is 13.4. The van der Waals surface area contributed by atoms with Crippen LogP contribution in [0.2, 0.25) is 0 Å². The molecule has 6 nitrogen and oxygen atoms in total. The molecule has 23 heavy (non-hydrogen) atoms. The minimum Gasteiger partial charge on any atom is -0.383 e. The molecule has 1 atom stereocenters. The van der Waals surface area contributed by atoms with Crippen LogP contribution in [0.3, 0.4) is 0 Å². The van der Waals surface area contributed by atoms with E-state index in [2.05, 4.69) is 10.4 Å². The average molecular weight is 334 g/mol. The number of nitrogens with one attached hydrogen (secondary N) is 1. The number of carbonyl (C=O) groups is 1. The van der Waals surface area contributed by atoms with Crippen LogP contribution in [-0.4, -0.2) is 52.7 Å². The van der Waals surface area contributed by atoms with Crippen molar-refractivity contribution in [2.75, 3.05) is 25.6 Å². The van der Waals surface area contributed by atoms with Crippen molar-refractivity contribution in [2.24, 2.45) is 5.92 Å². The molecule has 1 aliphatic rings. The lowest BCUT2D eigenvalue weighted by Crippen LogP contribution is -2.51. The summed E-state index contributed by atoms with van der Waals surface area (Å²) in [6, 6.07) is 1.02. The van der Waals surface area contributed by atoms with Crippen molar-refractivity contribution >= 4 is 11.8 Å². The summed E-state index contributed by atoms with van der Waals surface area (Å²) >= 11 is 0. The first kappa shape index (κ1) is 17.6. The van der Waals surface area contributed by atoms with Gasteiger partial charge in [0.05, 0.1) is 24.6 Å². The topological polar surface area (TPSA) is 59.4 Å². The van der Waals surface area contributed by atoms with E-state index in [0.29, 0.717) is 19.0 Å². The average Bonchev–Trinajstić information content (AvgIpc) is 2.99. The number of aromatic nitrogens is 2. The summed E-state index contributed by atoms with van der Waals surface area (Å²) in [4.78, 5) is 13.5. The van der Waals surface area contributed by atoms with Crippen LogP contribution in [0.15, 0.2) is 12.3 Å². The van der Waals surface area contributed by atoms with Crippen molar-refractivity contribution in [1.29, 1.82) is 0 Å². The van der Waals surface area contributed by atoms with Crippen molar-refractivity contribution in [3.63, 3.8) is 0 Å². The van der Waals surface area contributed by atoms with Gasteiger partial charge in [-0.2, -0.15) is 18.3 Å². The van der Waals surface area contributed by atoms with Crippen LogP contribution in [0.1, 0.15) is 20.3 Å². The summed E-state index contributed by atoms with van der Waals surface area (Å²) in [5.74, 6) is -1.22. The first-order chi connectivity index (χ1) is 10.7. The largest absolute Gasteiger partial charge is 0.394 e. The first-order valence-corrected chi connectivity index (χ1v) is 7.34. The number of urea groups is 1. The molecule has 9 heteroatoms. The number of ether oxygens (including phenoxy) is 1. The van der Waals surface area contributed by atoms with Crippen LogP contribution in [0, 0.1) is 5.92 Å². The Morgan fingerprint density at radius 2 is 2.22 bits per heavy atom. The fourth-order valence-electron chi connectivity index (χ4n) is 2.93. The highest BCUT2D eigenvalue weighted by molar-refractivity contribution is 5.89. The summed E-state index contributed by atoms with van der Waals surface area (Å²) in [7, 11) is 1.57. The molecule has 0 spiro atoms. The van der Waals surface area contributed by atoms with Gasteiger partial charge in [-0.15, -0.1) is 0 Å². The minimum absolute atomic E-state index is 0.0629. The van der Waals surface area contributed by atoms with Gasteiger partial charge in [0.2, 0.25) is 0 Å². The zero-order chi connectivity index (χ0) is 17.3. The van der Waals surface area contributed by atoms with E-state index in [1.54, 1.807) is 24.1 Å². The Balaban J connectivity index is 2.02. The Hall–Kier alpha value is -1.77. The van der Waals surface area contributed by atoms with Crippen molar-refractivity contribution < 1.29 is 22.7 Å². The van der Waals surface area contributed by atoms with E-state index in [1.165, 1.54) is 18.7 Å². The highest BCUT2D eigenvalue weighted by atomic mass is 19.4. The van der Waals surface area contributed by atoms with Gasteiger partial charge in [-0.3, -0.25) is 10.00 Å². The number of carbonyl (C=O) groups excluding carboxylic acids is 1. The molecule has 0 aromatic carbocycles. The highest BCUT2D eigenvalue weighted by Crippen LogP contribution is 2.44. The molecule has 0 saturated carbocycles. The van der Waals surface area contributed by atoms with Crippen LogP contribution in [0.4, 0.5) is 23.8 Å². The third-order valence-corrected chi connectivity index (χ3v) is 4.23. The van der Waals surface area contributed by atoms with E-state index in [4.69, 9.17) is 4.74 Å². The molecule has 0 bridgehead atoms. The Bertz CT molecular complexity index is 556. The number of alkyl halides is 3. The van der Waals surface area contributed by atoms with Crippen LogP contribution in [0.25, 0.3) is 0 Å². The monoisotopic (exact) mass is 334 g/mol. The smallest absolute Gasteiger partial charge is 0.383 e. The SMILES string of the molecule is COCCn1ccc(NC(=O)N2CCC(C(F)(F)F)C2(C)C)n1. The van der Waals surface area contributed by atoms with E-state index < -0.39 is 23.7 Å². The third-order valence-electron chi connectivity index (χ3n) is 4.23. The quantitative estimate of drug-likeness (QED) is 0.921. The minimum atomic E-state index is -4.32. The zero-order valence-corrected chi connectivity index (χ0v) is 13.4. The lowest BCUT2D eigenvalue weighted by atomic mass is 9.88. The molecule has 0 aliphatic carbocycles. The Labute approximate surface area is 132 Å². The summed E-state index contributed by atoms with van der Waals surface area (Å²) < 4.78 is 45.7. The molecule has 1 saturated heterocycles. The number of hydrogen-bond donors (Lipinski definition) is 1. The second-order valence-electron chi connectivity index (χ2n) is 6.08. The van der Waals surface area contributed by atoms with Gasteiger partial charge in [0.15, 0.2) is 5.82 Å². The Morgan fingerprint density at radius 1 is 1.52 bits per heavy atom. The maximum absolute atomic E-state index is 13.1. The summed E-state index contributed by atoms with van der Waals surface area (Å²) in [6.45, 7) is 3.94. The van der Waals surface area contributed by atoms with Crippen LogP contribution >= 0.6 is 0 Å². The van der Waals surface area contributed by atoms with Crippen molar-refractivity contribution in [3.05, 3.63) is 12.3 Å². The van der Waals surface area contributed by atoms with Gasteiger partial charge in [-0.1, -0.05) is 0 Å². The molecule has 2 heterocycles. The van der Waals surface area contributed by atoms with Gasteiger partial charge < -0.3 is 9.64 Å². The third kappa shape index (κ3) is 3.77. The first-order valence-electron chi connectivity index (χ1n) is 7.34. The summed E-state index contributed by atoms with van der Waals surface area (Å²) in [6.07, 6.45) is -2.74. The summed E-state index contributed by atoms with van der Waals surface area (Å²) in [5.41, 5.74) is -1.29. The standard InChI is InChI=1S/C14H21F3N4O2/c1-13(2)10(14(15,16)17)4-7-21(13)12(22)18-11-5-6-20(19-11)8-9-23-3/h5-6,10H,4,7-9H2,1-3H3,(H,18,19,22). The maximum atomic E-state index is 13.1. The molecule has 1 aliphatic heterocycles. The molecular weight excluding hydrogens is 313 g/mol. The number of nitrogens with zero attached hydrogens (tertiary/aromatic N) is 3. The van der Waals surface area contributed by atoms with E-state index in [-0.39, 0.29) is 13.0 Å². The number of amides is 2. The predicted molar refractivity (Wildman–Crippen MR) is 78.1 cm³/mol. The molecule has 1 N–H and O–H groups in total. The molecule has 1 fully saturated rings. The van der Waals surface area contributed by atoms with Crippen LogP contribution < -0.4 is 5.32 Å². The van der Waals surface area contributed by atoms with Crippen LogP contribution in [-0.2, 0) is 11.3 Å². The van der Waals surface area contributed by atoms with E-state index in [9.17, 15) is 18.0 Å². The molecule has 1 aromatic heterocycles. The Morgan fingerprint density at radius 3 is 2.78 bits per heavy atom. The second-order valence-corrected chi connectivity index (χ2v) is 6.08. The second kappa shape index (κ2) is 6.38. The van der Waals surface area contributed by atoms with E-state index in [1.807, 2.05) is 0 Å². The number of halogens is 3. The molecular formula is C14H21F3N4O2. The number of methoxy groups -OCH3 is 1. The molecule has 2 rings (SSSR count). The van der Waals surface area contributed by atoms with Crippen molar-refractivity contribution in [2.45, 2.75) is 38.5 Å². The normalized spacial score (nSPS) is 20.8. The highest BCUT2D eigenvalue weighted by Gasteiger charge is 2.56. The van der Waals surface area contributed by atoms with Gasteiger partial charge in [0, 0.05) is 25.9 Å². The molecule has 0 radical (unpaired) electrons. The molecule has 1 aromatic rings. The Kier molecular flexibility index (Phi) is 4.88. The predicted octanol–water partition coefficient (Wildman–Crippen LogP) is 2.72. The lowest BCUT2D eigenvalue weighted by molar-refractivity contribution is -0.189. The fourth-order valence-corrected chi connectivity index (χ4v) is 2.93. The maximum Gasteiger partial charge on any atom is 0.394 e. The number of anilines is 1. The van der Waals surface area contributed by atoms with Gasteiger partial charge in [-0.05, 0) is 20.3 Å². The summed E-state index contributed by atoms with van der Waals surface area (Å²) in [5, 5.41) is 6.69. The molecule has 1 unspecified atom stereocenters. The lowest BCUT2D eigenvalue weighted by Gasteiger charge is -2.36. The van der Waals surface area contributed by atoms with Gasteiger partial charge in [0.1, 0.15) is 0 Å². The fraction of sp³-hybridized carbons (Fsp3) is 0.714. The van der Waals surface area contributed by atoms with Crippen LogP contribution in [0.5, 0.6) is 0 Å².